The van der Waals surface area contributed by atoms with Crippen LogP contribution >= 0.6 is 0 Å². The lowest BCUT2D eigenvalue weighted by Crippen LogP contribution is -2.40. The summed E-state index contributed by atoms with van der Waals surface area (Å²) in [6.07, 6.45) is 3.87. The van der Waals surface area contributed by atoms with E-state index in [9.17, 15) is 4.79 Å². The lowest BCUT2D eigenvalue weighted by molar-refractivity contribution is 0.122. The number of aliphatic hydroxyl groups excluding tert-OH is 1. The molecule has 1 aromatic carbocycles. The highest BCUT2D eigenvalue weighted by molar-refractivity contribution is 5.67. The van der Waals surface area contributed by atoms with Crippen LogP contribution in [0.5, 0.6) is 0 Å². The van der Waals surface area contributed by atoms with Crippen molar-refractivity contribution in [2.45, 2.75) is 45.3 Å². The van der Waals surface area contributed by atoms with Crippen molar-refractivity contribution in [2.24, 2.45) is 11.8 Å². The number of aliphatic hydroxyl groups is 1. The second-order valence-corrected chi connectivity index (χ2v) is 5.96. The van der Waals surface area contributed by atoms with Gasteiger partial charge in [-0.2, -0.15) is 0 Å². The highest BCUT2D eigenvalue weighted by Gasteiger charge is 2.25. The van der Waals surface area contributed by atoms with E-state index in [0.29, 0.717) is 18.4 Å². The van der Waals surface area contributed by atoms with E-state index in [0.717, 1.165) is 31.2 Å². The minimum absolute atomic E-state index is 0.118. The van der Waals surface area contributed by atoms with Gasteiger partial charge < -0.3 is 15.2 Å². The maximum absolute atomic E-state index is 11.8. The van der Waals surface area contributed by atoms with Crippen LogP contribution in [0.2, 0.25) is 0 Å². The molecule has 1 aromatic rings. The molecule has 0 aromatic heterocycles. The van der Waals surface area contributed by atoms with Crippen LogP contribution in [-0.2, 0) is 11.3 Å². The van der Waals surface area contributed by atoms with E-state index in [1.807, 2.05) is 37.3 Å². The zero-order valence-corrected chi connectivity index (χ0v) is 12.6. The lowest BCUT2D eigenvalue weighted by atomic mass is 9.79. The summed E-state index contributed by atoms with van der Waals surface area (Å²) in [5.41, 5.74) is 0.990. The first kappa shape index (κ1) is 15.8. The lowest BCUT2D eigenvalue weighted by Gasteiger charge is -2.31. The summed E-state index contributed by atoms with van der Waals surface area (Å²) in [7, 11) is 0. The molecule has 0 unspecified atom stereocenters. The monoisotopic (exact) mass is 291 g/mol. The second kappa shape index (κ2) is 8.03. The van der Waals surface area contributed by atoms with Gasteiger partial charge in [0.05, 0.1) is 0 Å². The Morgan fingerprint density at radius 3 is 2.57 bits per heavy atom. The maximum Gasteiger partial charge on any atom is 0.407 e. The number of benzene rings is 1. The van der Waals surface area contributed by atoms with Crippen LogP contribution in [0.3, 0.4) is 0 Å². The Labute approximate surface area is 126 Å². The minimum atomic E-state index is -0.351. The van der Waals surface area contributed by atoms with Gasteiger partial charge in [0.1, 0.15) is 6.61 Å². The van der Waals surface area contributed by atoms with Crippen LogP contribution in [0.1, 0.15) is 38.2 Å². The normalized spacial score (nSPS) is 23.3. The number of rotatable bonds is 5. The molecule has 1 atom stereocenters. The molecule has 1 fully saturated rings. The Morgan fingerprint density at radius 1 is 1.29 bits per heavy atom. The fraction of sp³-hybridized carbons (Fsp3) is 0.588. The SMILES string of the molecule is C[C@H](NC(=O)OCc1ccccc1)C1CCC(CO)CC1. The van der Waals surface area contributed by atoms with Crippen molar-refractivity contribution in [1.29, 1.82) is 0 Å². The molecule has 1 aliphatic carbocycles. The van der Waals surface area contributed by atoms with E-state index in [1.165, 1.54) is 0 Å². The zero-order chi connectivity index (χ0) is 15.1. The molecule has 21 heavy (non-hydrogen) atoms. The third-order valence-electron chi connectivity index (χ3n) is 4.41. The highest BCUT2D eigenvalue weighted by atomic mass is 16.5. The molecule has 0 bridgehead atoms. The van der Waals surface area contributed by atoms with E-state index >= 15 is 0 Å². The minimum Gasteiger partial charge on any atom is -0.445 e. The first-order valence-corrected chi connectivity index (χ1v) is 7.77. The summed E-state index contributed by atoms with van der Waals surface area (Å²) in [4.78, 5) is 11.8. The number of carbonyl (C=O) groups is 1. The molecule has 0 heterocycles. The van der Waals surface area contributed by atoms with Crippen LogP contribution < -0.4 is 5.32 Å². The first-order chi connectivity index (χ1) is 10.2. The van der Waals surface area contributed by atoms with Gasteiger partial charge in [-0.25, -0.2) is 4.79 Å². The highest BCUT2D eigenvalue weighted by Crippen LogP contribution is 2.30. The predicted molar refractivity (Wildman–Crippen MR) is 81.8 cm³/mol. The van der Waals surface area contributed by atoms with E-state index in [1.54, 1.807) is 0 Å². The predicted octanol–water partition coefficient (Wildman–Crippen LogP) is 3.10. The summed E-state index contributed by atoms with van der Waals surface area (Å²) in [5, 5.41) is 12.1. The van der Waals surface area contributed by atoms with Gasteiger partial charge in [0.25, 0.3) is 0 Å². The number of hydrogen-bond acceptors (Lipinski definition) is 3. The van der Waals surface area contributed by atoms with Crippen molar-refractivity contribution in [3.05, 3.63) is 35.9 Å². The zero-order valence-electron chi connectivity index (χ0n) is 12.6. The number of carbonyl (C=O) groups excluding carboxylic acids is 1. The number of hydrogen-bond donors (Lipinski definition) is 2. The van der Waals surface area contributed by atoms with E-state index in [2.05, 4.69) is 5.32 Å². The van der Waals surface area contributed by atoms with Gasteiger partial charge >= 0.3 is 6.09 Å². The Hall–Kier alpha value is -1.55. The van der Waals surface area contributed by atoms with Crippen LogP contribution in [0.25, 0.3) is 0 Å². The number of ether oxygens (including phenoxy) is 1. The van der Waals surface area contributed by atoms with Gasteiger partial charge in [-0.3, -0.25) is 0 Å². The molecular formula is C17H25NO3. The molecule has 1 aliphatic rings. The van der Waals surface area contributed by atoms with Crippen molar-refractivity contribution in [3.63, 3.8) is 0 Å². The molecule has 0 radical (unpaired) electrons. The number of nitrogens with one attached hydrogen (secondary N) is 1. The van der Waals surface area contributed by atoms with Gasteiger partial charge in [0, 0.05) is 12.6 Å². The van der Waals surface area contributed by atoms with Crippen molar-refractivity contribution >= 4 is 6.09 Å². The quantitative estimate of drug-likeness (QED) is 0.876. The molecule has 1 saturated carbocycles. The summed E-state index contributed by atoms with van der Waals surface area (Å²) in [6, 6.07) is 9.79. The fourth-order valence-electron chi connectivity index (χ4n) is 2.94. The molecule has 0 spiro atoms. The third kappa shape index (κ3) is 5.05. The van der Waals surface area contributed by atoms with Crippen LogP contribution in [0, 0.1) is 11.8 Å². The van der Waals surface area contributed by atoms with Gasteiger partial charge in [0.15, 0.2) is 0 Å². The van der Waals surface area contributed by atoms with Gasteiger partial charge in [-0.05, 0) is 50.0 Å². The molecule has 0 saturated heterocycles. The van der Waals surface area contributed by atoms with Crippen molar-refractivity contribution in [1.82, 2.24) is 5.32 Å². The van der Waals surface area contributed by atoms with E-state index in [-0.39, 0.29) is 18.7 Å². The van der Waals surface area contributed by atoms with Crippen molar-refractivity contribution in [3.8, 4) is 0 Å². The Kier molecular flexibility index (Phi) is 6.05. The second-order valence-electron chi connectivity index (χ2n) is 5.96. The molecule has 4 nitrogen and oxygen atoms in total. The average molecular weight is 291 g/mol. The molecule has 2 N–H and O–H groups in total. The number of alkyl carbamates (subject to hydrolysis) is 1. The summed E-state index contributed by atoms with van der Waals surface area (Å²) < 4.78 is 5.24. The van der Waals surface area contributed by atoms with Crippen LogP contribution in [0.15, 0.2) is 30.3 Å². The van der Waals surface area contributed by atoms with Crippen LogP contribution in [-0.4, -0.2) is 23.8 Å². The van der Waals surface area contributed by atoms with E-state index < -0.39 is 0 Å². The molecule has 0 aliphatic heterocycles. The summed E-state index contributed by atoms with van der Waals surface area (Å²) in [5.74, 6) is 0.926. The maximum atomic E-state index is 11.8. The van der Waals surface area contributed by atoms with E-state index in [4.69, 9.17) is 9.84 Å². The fourth-order valence-corrected chi connectivity index (χ4v) is 2.94. The molecule has 116 valence electrons. The number of amides is 1. The topological polar surface area (TPSA) is 58.6 Å². The molecule has 4 heteroatoms. The summed E-state index contributed by atoms with van der Waals surface area (Å²) in [6.45, 7) is 2.62. The van der Waals surface area contributed by atoms with Gasteiger partial charge in [-0.15, -0.1) is 0 Å². The Morgan fingerprint density at radius 2 is 1.95 bits per heavy atom. The molecular weight excluding hydrogens is 266 g/mol. The third-order valence-corrected chi connectivity index (χ3v) is 4.41. The van der Waals surface area contributed by atoms with Gasteiger partial charge in [0.2, 0.25) is 0 Å². The Bertz CT molecular complexity index is 427. The average Bonchev–Trinajstić information content (AvgIpc) is 2.54. The first-order valence-electron chi connectivity index (χ1n) is 7.77. The standard InChI is InChI=1S/C17H25NO3/c1-13(16-9-7-14(11-19)8-10-16)18-17(20)21-12-15-5-3-2-4-6-15/h2-6,13-14,16,19H,7-12H2,1H3,(H,18,20)/t13-,14?,16?/m0/s1. The molecule has 2 rings (SSSR count). The Balaban J connectivity index is 1.70. The van der Waals surface area contributed by atoms with Crippen LogP contribution in [0.4, 0.5) is 4.79 Å². The van der Waals surface area contributed by atoms with Crippen molar-refractivity contribution in [2.75, 3.05) is 6.61 Å². The van der Waals surface area contributed by atoms with Gasteiger partial charge in [-0.1, -0.05) is 30.3 Å². The summed E-state index contributed by atoms with van der Waals surface area (Å²) >= 11 is 0. The largest absolute Gasteiger partial charge is 0.445 e. The van der Waals surface area contributed by atoms with Crippen molar-refractivity contribution < 1.29 is 14.6 Å². The smallest absolute Gasteiger partial charge is 0.407 e. The molecule has 1 amide bonds.